The molecule has 0 aliphatic rings. The maximum atomic E-state index is 10.6. The molecule has 3 rings (SSSR count). The van der Waals surface area contributed by atoms with E-state index in [0.29, 0.717) is 11.3 Å². The molecule has 0 saturated heterocycles. The Hall–Kier alpha value is -2.29. The molecule has 0 aliphatic carbocycles. The Morgan fingerprint density at radius 1 is 1.14 bits per heavy atom. The Bertz CT molecular complexity index is 811. The van der Waals surface area contributed by atoms with Gasteiger partial charge in [-0.3, -0.25) is 0 Å². The second kappa shape index (κ2) is 5.16. The fraction of sp³-hybridized carbons (Fsp3) is 0.316. The van der Waals surface area contributed by atoms with Crippen molar-refractivity contribution in [3.05, 3.63) is 58.9 Å². The van der Waals surface area contributed by atoms with E-state index < -0.39 is 0 Å². The number of phenolic OH excluding ortho intramolecular Hbond substituents is 1. The standard InChI is InChI=1S/C19H22N2O/c1-12-10-14(19(2,3)4)18(22)17-16(12)20-15(21-17)11-13-8-6-5-7-9-13/h5-10,22H,11H2,1-4H3,(H,20,21). The van der Waals surface area contributed by atoms with Gasteiger partial charge in [0.15, 0.2) is 0 Å². The molecule has 1 heterocycles. The summed E-state index contributed by atoms with van der Waals surface area (Å²) in [7, 11) is 0. The van der Waals surface area contributed by atoms with Crippen molar-refractivity contribution in [1.29, 1.82) is 0 Å². The van der Waals surface area contributed by atoms with Crippen LogP contribution in [0.1, 0.15) is 43.3 Å². The van der Waals surface area contributed by atoms with Crippen molar-refractivity contribution in [3.8, 4) is 5.75 Å². The van der Waals surface area contributed by atoms with Gasteiger partial charge in [0.05, 0.1) is 5.52 Å². The van der Waals surface area contributed by atoms with Crippen LogP contribution in [-0.4, -0.2) is 15.1 Å². The number of nitrogens with one attached hydrogen (secondary N) is 1. The molecule has 0 amide bonds. The molecule has 0 fully saturated rings. The highest BCUT2D eigenvalue weighted by molar-refractivity contribution is 5.86. The number of hydrogen-bond donors (Lipinski definition) is 2. The van der Waals surface area contributed by atoms with Crippen LogP contribution in [0.3, 0.4) is 0 Å². The van der Waals surface area contributed by atoms with Crippen molar-refractivity contribution < 1.29 is 5.11 Å². The van der Waals surface area contributed by atoms with Crippen molar-refractivity contribution in [2.45, 2.75) is 39.5 Å². The Labute approximate surface area is 131 Å². The predicted octanol–water partition coefficient (Wildman–Crippen LogP) is 4.47. The highest BCUT2D eigenvalue weighted by Gasteiger charge is 2.22. The van der Waals surface area contributed by atoms with Gasteiger partial charge in [0.1, 0.15) is 17.1 Å². The zero-order chi connectivity index (χ0) is 15.9. The molecule has 3 nitrogen and oxygen atoms in total. The molecule has 2 N–H and O–H groups in total. The Morgan fingerprint density at radius 3 is 2.45 bits per heavy atom. The maximum absolute atomic E-state index is 10.6. The highest BCUT2D eigenvalue weighted by atomic mass is 16.3. The summed E-state index contributed by atoms with van der Waals surface area (Å²) < 4.78 is 0. The summed E-state index contributed by atoms with van der Waals surface area (Å²) in [6.07, 6.45) is 0.735. The largest absolute Gasteiger partial charge is 0.505 e. The third-order valence-electron chi connectivity index (χ3n) is 4.01. The first-order valence-corrected chi connectivity index (χ1v) is 7.62. The second-order valence-corrected chi connectivity index (χ2v) is 6.91. The molecule has 0 bridgehead atoms. The van der Waals surface area contributed by atoms with Gasteiger partial charge in [-0.2, -0.15) is 0 Å². The van der Waals surface area contributed by atoms with Gasteiger partial charge >= 0.3 is 0 Å². The van der Waals surface area contributed by atoms with Crippen LogP contribution in [0.15, 0.2) is 36.4 Å². The van der Waals surface area contributed by atoms with Crippen LogP contribution in [-0.2, 0) is 11.8 Å². The Morgan fingerprint density at radius 2 is 1.82 bits per heavy atom. The van der Waals surface area contributed by atoms with E-state index in [-0.39, 0.29) is 5.41 Å². The number of aromatic amines is 1. The van der Waals surface area contributed by atoms with Crippen molar-refractivity contribution in [2.75, 3.05) is 0 Å². The van der Waals surface area contributed by atoms with Gasteiger partial charge in [-0.15, -0.1) is 0 Å². The lowest BCUT2D eigenvalue weighted by Crippen LogP contribution is -2.11. The summed E-state index contributed by atoms with van der Waals surface area (Å²) in [5.74, 6) is 1.18. The number of benzene rings is 2. The van der Waals surface area contributed by atoms with Crippen LogP contribution in [0.4, 0.5) is 0 Å². The number of hydrogen-bond acceptors (Lipinski definition) is 2. The number of rotatable bonds is 2. The first-order chi connectivity index (χ1) is 10.4. The van der Waals surface area contributed by atoms with Gasteiger partial charge < -0.3 is 10.1 Å². The van der Waals surface area contributed by atoms with E-state index in [1.54, 1.807) is 0 Å². The van der Waals surface area contributed by atoms with E-state index in [0.717, 1.165) is 28.9 Å². The maximum Gasteiger partial charge on any atom is 0.147 e. The molecule has 114 valence electrons. The number of nitrogens with zero attached hydrogens (tertiary/aromatic N) is 1. The zero-order valence-corrected chi connectivity index (χ0v) is 13.6. The number of phenols is 1. The fourth-order valence-corrected chi connectivity index (χ4v) is 2.81. The van der Waals surface area contributed by atoms with Crippen LogP contribution in [0.2, 0.25) is 0 Å². The third kappa shape index (κ3) is 2.59. The normalized spacial score (nSPS) is 12.0. The molecule has 22 heavy (non-hydrogen) atoms. The molecule has 3 heteroatoms. The minimum Gasteiger partial charge on any atom is -0.505 e. The van der Waals surface area contributed by atoms with Crippen LogP contribution >= 0.6 is 0 Å². The van der Waals surface area contributed by atoms with Crippen molar-refractivity contribution in [1.82, 2.24) is 9.97 Å². The third-order valence-corrected chi connectivity index (χ3v) is 4.01. The summed E-state index contributed by atoms with van der Waals surface area (Å²) in [5, 5.41) is 10.6. The van der Waals surface area contributed by atoms with Crippen LogP contribution in [0.5, 0.6) is 5.75 Å². The average Bonchev–Trinajstić information content (AvgIpc) is 2.87. The molecule has 2 aromatic carbocycles. The van der Waals surface area contributed by atoms with Crippen LogP contribution in [0, 0.1) is 6.92 Å². The molecule has 0 aliphatic heterocycles. The lowest BCUT2D eigenvalue weighted by atomic mass is 9.85. The van der Waals surface area contributed by atoms with Crippen molar-refractivity contribution in [2.24, 2.45) is 0 Å². The molecule has 3 aromatic rings. The number of aryl methyl sites for hydroxylation is 1. The van der Waals surface area contributed by atoms with E-state index in [4.69, 9.17) is 0 Å². The molecule has 1 aromatic heterocycles. The monoisotopic (exact) mass is 294 g/mol. The zero-order valence-electron chi connectivity index (χ0n) is 13.6. The quantitative estimate of drug-likeness (QED) is 0.733. The first kappa shape index (κ1) is 14.6. The minimum atomic E-state index is -0.110. The summed E-state index contributed by atoms with van der Waals surface area (Å²) in [5.41, 5.74) is 4.75. The lowest BCUT2D eigenvalue weighted by Gasteiger charge is -2.21. The van der Waals surface area contributed by atoms with Gasteiger partial charge in [-0.25, -0.2) is 4.98 Å². The number of aromatic nitrogens is 2. The summed E-state index contributed by atoms with van der Waals surface area (Å²) in [4.78, 5) is 8.00. The highest BCUT2D eigenvalue weighted by Crippen LogP contribution is 2.37. The summed E-state index contributed by atoms with van der Waals surface area (Å²) in [6.45, 7) is 8.36. The Balaban J connectivity index is 2.10. The van der Waals surface area contributed by atoms with Crippen molar-refractivity contribution >= 4 is 11.0 Å². The van der Waals surface area contributed by atoms with E-state index in [9.17, 15) is 5.11 Å². The number of fused-ring (bicyclic) bond motifs is 1. The van der Waals surface area contributed by atoms with E-state index in [2.05, 4.69) is 55.9 Å². The minimum absolute atomic E-state index is 0.110. The van der Waals surface area contributed by atoms with E-state index >= 15 is 0 Å². The fourth-order valence-electron chi connectivity index (χ4n) is 2.81. The van der Waals surface area contributed by atoms with Gasteiger partial charge in [-0.05, 0) is 29.5 Å². The molecule has 0 unspecified atom stereocenters. The topological polar surface area (TPSA) is 48.9 Å². The van der Waals surface area contributed by atoms with E-state index in [1.165, 1.54) is 5.56 Å². The SMILES string of the molecule is Cc1cc(C(C)(C)C)c(O)c2nc(Cc3ccccc3)[nH]c12. The predicted molar refractivity (Wildman–Crippen MR) is 90.4 cm³/mol. The Kier molecular flexibility index (Phi) is 3.44. The van der Waals surface area contributed by atoms with E-state index in [1.807, 2.05) is 18.2 Å². The molecular weight excluding hydrogens is 272 g/mol. The summed E-state index contributed by atoms with van der Waals surface area (Å²) in [6, 6.07) is 12.3. The number of H-pyrrole nitrogens is 1. The first-order valence-electron chi connectivity index (χ1n) is 7.62. The number of aromatic hydroxyl groups is 1. The van der Waals surface area contributed by atoms with Crippen molar-refractivity contribution in [3.63, 3.8) is 0 Å². The van der Waals surface area contributed by atoms with Gasteiger partial charge in [-0.1, -0.05) is 51.1 Å². The average molecular weight is 294 g/mol. The van der Waals surface area contributed by atoms with Crippen LogP contribution in [0.25, 0.3) is 11.0 Å². The molecule has 0 saturated carbocycles. The lowest BCUT2D eigenvalue weighted by molar-refractivity contribution is 0.451. The molecule has 0 radical (unpaired) electrons. The van der Waals surface area contributed by atoms with Gasteiger partial charge in [0.25, 0.3) is 0 Å². The molecule has 0 atom stereocenters. The smallest absolute Gasteiger partial charge is 0.147 e. The van der Waals surface area contributed by atoms with Gasteiger partial charge in [0, 0.05) is 12.0 Å². The van der Waals surface area contributed by atoms with Crippen LogP contribution < -0.4 is 0 Å². The van der Waals surface area contributed by atoms with Gasteiger partial charge in [0.2, 0.25) is 0 Å². The second-order valence-electron chi connectivity index (χ2n) is 6.91. The molecular formula is C19H22N2O. The summed E-state index contributed by atoms with van der Waals surface area (Å²) >= 11 is 0. The molecule has 0 spiro atoms. The number of imidazole rings is 1.